The molecule has 0 N–H and O–H groups in total. The molecule has 3 aliphatic rings. The lowest BCUT2D eigenvalue weighted by molar-refractivity contribution is 0.158. The van der Waals surface area contributed by atoms with E-state index in [-0.39, 0.29) is 5.41 Å². The SMILES string of the molecule is Cn1ccnc1-c1cc(C#N)cc(-c2ncnc(C34CCC5CCC53C4)n2)c1. The summed E-state index contributed by atoms with van der Waals surface area (Å²) in [4.78, 5) is 18.4. The Morgan fingerprint density at radius 3 is 2.64 bits per heavy atom. The summed E-state index contributed by atoms with van der Waals surface area (Å²) in [5, 5.41) is 9.52. The fourth-order valence-corrected chi connectivity index (χ4v) is 5.91. The van der Waals surface area contributed by atoms with Gasteiger partial charge in [0.1, 0.15) is 18.0 Å². The molecule has 6 nitrogen and oxygen atoms in total. The minimum atomic E-state index is 0.183. The number of nitriles is 1. The number of rotatable bonds is 3. The molecule has 3 atom stereocenters. The molecule has 0 aliphatic heterocycles. The van der Waals surface area contributed by atoms with Gasteiger partial charge in [0.25, 0.3) is 0 Å². The van der Waals surface area contributed by atoms with Gasteiger partial charge in [0.05, 0.1) is 11.6 Å². The maximum absolute atomic E-state index is 9.52. The van der Waals surface area contributed by atoms with Crippen molar-refractivity contribution in [2.24, 2.45) is 18.4 Å². The molecule has 2 aromatic heterocycles. The van der Waals surface area contributed by atoms with E-state index in [2.05, 4.69) is 21.0 Å². The Balaban J connectivity index is 1.44. The highest BCUT2D eigenvalue weighted by atomic mass is 15.1. The van der Waals surface area contributed by atoms with Crippen molar-refractivity contribution >= 4 is 0 Å². The number of hydrogen-bond donors (Lipinski definition) is 0. The van der Waals surface area contributed by atoms with E-state index in [9.17, 15) is 5.26 Å². The van der Waals surface area contributed by atoms with Crippen LogP contribution in [-0.2, 0) is 12.5 Å². The Kier molecular flexibility index (Phi) is 2.99. The summed E-state index contributed by atoms with van der Waals surface area (Å²) in [5.74, 6) is 3.31. The Bertz CT molecular complexity index is 1150. The zero-order chi connectivity index (χ0) is 18.9. The summed E-state index contributed by atoms with van der Waals surface area (Å²) in [5.41, 5.74) is 2.99. The van der Waals surface area contributed by atoms with Gasteiger partial charge < -0.3 is 4.57 Å². The van der Waals surface area contributed by atoms with Crippen molar-refractivity contribution in [1.29, 1.82) is 5.26 Å². The molecule has 3 aromatic rings. The highest BCUT2D eigenvalue weighted by molar-refractivity contribution is 5.69. The van der Waals surface area contributed by atoms with Gasteiger partial charge >= 0.3 is 0 Å². The summed E-state index contributed by atoms with van der Waals surface area (Å²) in [6.45, 7) is 0. The number of aryl methyl sites for hydroxylation is 1. The van der Waals surface area contributed by atoms with Crippen LogP contribution in [0.3, 0.4) is 0 Å². The van der Waals surface area contributed by atoms with Gasteiger partial charge in [-0.25, -0.2) is 19.9 Å². The van der Waals surface area contributed by atoms with E-state index in [4.69, 9.17) is 4.98 Å². The standard InChI is InChI=1S/C22H20N6/c1-28-7-6-24-19(28)16-9-14(11-23)8-15(10-16)18-25-13-26-20(27-18)22-5-3-17-2-4-21(17,22)12-22/h6-10,13,17H,2-5,12H2,1H3. The summed E-state index contributed by atoms with van der Waals surface area (Å²) >= 11 is 0. The van der Waals surface area contributed by atoms with E-state index in [1.165, 1.54) is 32.1 Å². The molecule has 2 heterocycles. The average molecular weight is 368 g/mol. The largest absolute Gasteiger partial charge is 0.334 e. The molecule has 138 valence electrons. The van der Waals surface area contributed by atoms with Crippen molar-refractivity contribution in [1.82, 2.24) is 24.5 Å². The Labute approximate surface area is 163 Å². The van der Waals surface area contributed by atoms with Crippen LogP contribution < -0.4 is 0 Å². The van der Waals surface area contributed by atoms with Gasteiger partial charge in [-0.1, -0.05) is 0 Å². The Hall–Kier alpha value is -3.07. The van der Waals surface area contributed by atoms with Crippen molar-refractivity contribution in [3.63, 3.8) is 0 Å². The fourth-order valence-electron chi connectivity index (χ4n) is 5.91. The molecule has 1 aromatic carbocycles. The topological polar surface area (TPSA) is 80.3 Å². The molecule has 1 spiro atoms. The van der Waals surface area contributed by atoms with Crippen LogP contribution in [0.1, 0.15) is 43.5 Å². The van der Waals surface area contributed by atoms with Gasteiger partial charge in [-0.15, -0.1) is 0 Å². The lowest BCUT2D eigenvalue weighted by atomic mass is 9.70. The molecule has 3 saturated carbocycles. The summed E-state index contributed by atoms with van der Waals surface area (Å²) < 4.78 is 1.95. The van der Waals surface area contributed by atoms with Crippen LogP contribution in [-0.4, -0.2) is 24.5 Å². The molecule has 3 unspecified atom stereocenters. The summed E-state index contributed by atoms with van der Waals surface area (Å²) in [7, 11) is 1.95. The predicted octanol–water partition coefficient (Wildman–Crippen LogP) is 3.64. The van der Waals surface area contributed by atoms with Crippen molar-refractivity contribution < 1.29 is 0 Å². The van der Waals surface area contributed by atoms with E-state index < -0.39 is 0 Å². The first-order valence-corrected chi connectivity index (χ1v) is 9.88. The molecule has 6 rings (SSSR count). The van der Waals surface area contributed by atoms with Crippen LogP contribution in [0.4, 0.5) is 0 Å². The fraction of sp³-hybridized carbons (Fsp3) is 0.409. The van der Waals surface area contributed by atoms with E-state index >= 15 is 0 Å². The third kappa shape index (κ3) is 1.91. The second kappa shape index (κ2) is 5.26. The minimum Gasteiger partial charge on any atom is -0.334 e. The number of imidazole rings is 1. The second-order valence-corrected chi connectivity index (χ2v) is 8.59. The predicted molar refractivity (Wildman–Crippen MR) is 103 cm³/mol. The molecule has 28 heavy (non-hydrogen) atoms. The number of nitrogens with zero attached hydrogens (tertiary/aromatic N) is 6. The van der Waals surface area contributed by atoms with Crippen LogP contribution >= 0.6 is 0 Å². The van der Waals surface area contributed by atoms with Crippen molar-refractivity contribution in [3.8, 4) is 28.8 Å². The van der Waals surface area contributed by atoms with Crippen LogP contribution in [0.25, 0.3) is 22.8 Å². The van der Waals surface area contributed by atoms with E-state index in [1.54, 1.807) is 12.5 Å². The maximum Gasteiger partial charge on any atom is 0.163 e. The minimum absolute atomic E-state index is 0.183. The zero-order valence-corrected chi connectivity index (χ0v) is 15.8. The van der Waals surface area contributed by atoms with Gasteiger partial charge in [-0.2, -0.15) is 5.26 Å². The van der Waals surface area contributed by atoms with Crippen molar-refractivity contribution in [3.05, 3.63) is 48.3 Å². The molecule has 3 fully saturated rings. The lowest BCUT2D eigenvalue weighted by Crippen LogP contribution is -2.29. The van der Waals surface area contributed by atoms with Gasteiger partial charge in [-0.05, 0) is 61.6 Å². The van der Waals surface area contributed by atoms with Crippen LogP contribution in [0.5, 0.6) is 0 Å². The van der Waals surface area contributed by atoms with E-state index in [1.807, 2.05) is 36.0 Å². The number of hydrogen-bond acceptors (Lipinski definition) is 5. The quantitative estimate of drug-likeness (QED) is 0.705. The Morgan fingerprint density at radius 2 is 1.96 bits per heavy atom. The molecule has 6 heteroatoms. The first-order valence-electron chi connectivity index (χ1n) is 9.88. The van der Waals surface area contributed by atoms with Gasteiger partial charge in [0, 0.05) is 36.0 Å². The van der Waals surface area contributed by atoms with Gasteiger partial charge in [0.15, 0.2) is 5.82 Å². The lowest BCUT2D eigenvalue weighted by Gasteiger charge is -2.35. The summed E-state index contributed by atoms with van der Waals surface area (Å²) in [6.07, 6.45) is 11.8. The highest BCUT2D eigenvalue weighted by Crippen LogP contribution is 2.83. The monoisotopic (exact) mass is 368 g/mol. The molecule has 0 amide bonds. The summed E-state index contributed by atoms with van der Waals surface area (Å²) in [6, 6.07) is 7.99. The van der Waals surface area contributed by atoms with Crippen LogP contribution in [0.15, 0.2) is 36.9 Å². The highest BCUT2D eigenvalue weighted by Gasteiger charge is 2.78. The molecular formula is C22H20N6. The third-order valence-electron chi connectivity index (χ3n) is 7.48. The van der Waals surface area contributed by atoms with Gasteiger partial charge in [-0.3, -0.25) is 0 Å². The third-order valence-corrected chi connectivity index (χ3v) is 7.48. The van der Waals surface area contributed by atoms with Gasteiger partial charge in [0.2, 0.25) is 0 Å². The maximum atomic E-state index is 9.52. The molecule has 0 radical (unpaired) electrons. The Morgan fingerprint density at radius 1 is 1.11 bits per heavy atom. The molecule has 3 aliphatic carbocycles. The zero-order valence-electron chi connectivity index (χ0n) is 15.8. The van der Waals surface area contributed by atoms with E-state index in [0.717, 1.165) is 28.7 Å². The van der Waals surface area contributed by atoms with Crippen molar-refractivity contribution in [2.75, 3.05) is 0 Å². The van der Waals surface area contributed by atoms with E-state index in [0.29, 0.717) is 16.8 Å². The number of benzene rings is 1. The average Bonchev–Trinajstić information content (AvgIpc) is 3.17. The molecule has 0 bridgehead atoms. The van der Waals surface area contributed by atoms with Crippen molar-refractivity contribution in [2.45, 2.75) is 37.5 Å². The van der Waals surface area contributed by atoms with Crippen LogP contribution in [0, 0.1) is 22.7 Å². The second-order valence-electron chi connectivity index (χ2n) is 8.59. The normalized spacial score (nSPS) is 29.5. The number of aromatic nitrogens is 5. The molecule has 0 saturated heterocycles. The first kappa shape index (κ1) is 15.9. The smallest absolute Gasteiger partial charge is 0.163 e. The van der Waals surface area contributed by atoms with Crippen LogP contribution in [0.2, 0.25) is 0 Å². The first-order chi connectivity index (χ1) is 13.6. The molecular weight excluding hydrogens is 348 g/mol.